The average molecular weight is 1440 g/mol. The fourth-order valence-corrected chi connectivity index (χ4v) is 14.0. The molecule has 596 valence electrons. The molecule has 0 spiro atoms. The standard InChI is InChI=1S/C88H161NO13/c1-3-5-7-9-11-13-15-17-19-21-23-25-27-29-31-33-35-37-38-40-42-44-46-48-50-52-54-56-58-60-62-64-66-68-70-72-80(93)89-76(75-99-87-85(98)83(96)86(79(74-91)101-87)102-88-84(97)82(95)81(94)78(73-90)100-88)77(92)71-69-67-65-63-61-59-57-55-53-51-49-47-45-43-41-39-36-34-32-30-28-26-24-22-20-18-16-14-12-10-8-6-4-2/h15,17,21,23,27,29,53,55,61,63,69,71,76-79,81-88,90-92,94-98H,3-14,16,18-20,22,24-26,28,30-52,54,56-60,62,64-68,70,72-75H2,1-2H3,(H,89,93)/b17-15-,23-21-,29-27-,55-53+,63-61+,71-69+. The van der Waals surface area contributed by atoms with E-state index in [2.05, 4.69) is 79.9 Å². The molecule has 2 heterocycles. The topological polar surface area (TPSA) is 228 Å². The number of carbonyl (C=O) groups excluding carboxylic acids is 1. The average Bonchev–Trinajstić information content (AvgIpc) is 0.790. The molecule has 2 aliphatic heterocycles. The summed E-state index contributed by atoms with van der Waals surface area (Å²) in [5.41, 5.74) is 0. The Bertz CT molecular complexity index is 1990. The Morgan fingerprint density at radius 3 is 1.03 bits per heavy atom. The molecule has 1 amide bonds. The van der Waals surface area contributed by atoms with Crippen LogP contribution in [-0.4, -0.2) is 140 Å². The summed E-state index contributed by atoms with van der Waals surface area (Å²) in [6, 6.07) is -0.942. The molecule has 2 fully saturated rings. The molecular weight excluding hydrogens is 1280 g/mol. The SMILES string of the molecule is CCCCCCC/C=C\C/C=C\C/C=C\CCCCCCCCCCCCCCCCCCCCCCC(=O)NC(COC1OC(CO)C(OC2OC(CO)C(O)C(O)C2O)C(O)C1O)C(O)/C=C/CC/C=C/CC/C=C/CCCCCCCCCCCCCCCCCCCCCCCCC. The molecule has 0 radical (unpaired) electrons. The first-order valence-electron chi connectivity index (χ1n) is 43.2. The number of aliphatic hydroxyl groups is 8. The fourth-order valence-electron chi connectivity index (χ4n) is 14.0. The van der Waals surface area contributed by atoms with Crippen molar-refractivity contribution in [3.8, 4) is 0 Å². The zero-order valence-corrected chi connectivity index (χ0v) is 65.6. The Kier molecular flexibility index (Phi) is 66.8. The van der Waals surface area contributed by atoms with E-state index >= 15 is 0 Å². The van der Waals surface area contributed by atoms with Crippen LogP contribution >= 0.6 is 0 Å². The second-order valence-corrected chi connectivity index (χ2v) is 30.3. The van der Waals surface area contributed by atoms with E-state index in [9.17, 15) is 45.6 Å². The van der Waals surface area contributed by atoms with Crippen LogP contribution in [0.15, 0.2) is 72.9 Å². The third kappa shape index (κ3) is 53.3. The quantitative estimate of drug-likeness (QED) is 0.0204. The summed E-state index contributed by atoms with van der Waals surface area (Å²) in [6.45, 7) is 2.82. The highest BCUT2D eigenvalue weighted by atomic mass is 16.7. The van der Waals surface area contributed by atoms with E-state index in [4.69, 9.17) is 18.9 Å². The number of hydrogen-bond acceptors (Lipinski definition) is 13. The highest BCUT2D eigenvalue weighted by Crippen LogP contribution is 2.30. The third-order valence-corrected chi connectivity index (χ3v) is 20.8. The van der Waals surface area contributed by atoms with Crippen LogP contribution in [0.25, 0.3) is 0 Å². The maximum atomic E-state index is 13.4. The predicted octanol–water partition coefficient (Wildman–Crippen LogP) is 20.5. The minimum Gasteiger partial charge on any atom is -0.394 e. The molecular formula is C88H161NO13. The summed E-state index contributed by atoms with van der Waals surface area (Å²) in [4.78, 5) is 13.4. The lowest BCUT2D eigenvalue weighted by Gasteiger charge is -2.46. The van der Waals surface area contributed by atoms with Gasteiger partial charge >= 0.3 is 0 Å². The summed E-state index contributed by atoms with van der Waals surface area (Å²) in [5.74, 6) is -0.248. The van der Waals surface area contributed by atoms with Gasteiger partial charge in [-0.3, -0.25) is 4.79 Å². The molecule has 102 heavy (non-hydrogen) atoms. The summed E-state index contributed by atoms with van der Waals surface area (Å²) >= 11 is 0. The summed E-state index contributed by atoms with van der Waals surface area (Å²) in [5, 5.41) is 87.8. The fraction of sp³-hybridized carbons (Fsp3) is 0.852. The van der Waals surface area contributed by atoms with Gasteiger partial charge in [0.15, 0.2) is 12.6 Å². The lowest BCUT2D eigenvalue weighted by molar-refractivity contribution is -0.359. The van der Waals surface area contributed by atoms with Gasteiger partial charge in [0, 0.05) is 6.42 Å². The minimum atomic E-state index is -1.80. The van der Waals surface area contributed by atoms with Gasteiger partial charge in [-0.1, -0.05) is 369 Å². The van der Waals surface area contributed by atoms with Crippen molar-refractivity contribution < 1.29 is 64.6 Å². The zero-order valence-electron chi connectivity index (χ0n) is 65.6. The van der Waals surface area contributed by atoms with Crippen LogP contribution in [0.2, 0.25) is 0 Å². The highest BCUT2D eigenvalue weighted by molar-refractivity contribution is 5.76. The number of aliphatic hydroxyl groups excluding tert-OH is 8. The summed E-state index contributed by atoms with van der Waals surface area (Å²) < 4.78 is 22.9. The van der Waals surface area contributed by atoms with Crippen molar-refractivity contribution in [2.45, 2.75) is 460 Å². The molecule has 12 unspecified atom stereocenters. The molecule has 0 aromatic carbocycles. The van der Waals surface area contributed by atoms with Crippen LogP contribution in [0.4, 0.5) is 0 Å². The summed E-state index contributed by atoms with van der Waals surface area (Å²) in [7, 11) is 0. The van der Waals surface area contributed by atoms with Crippen molar-refractivity contribution in [2.24, 2.45) is 0 Å². The number of rotatable bonds is 73. The Hall–Kier alpha value is -2.57. The van der Waals surface area contributed by atoms with E-state index in [-0.39, 0.29) is 18.9 Å². The van der Waals surface area contributed by atoms with Crippen LogP contribution in [0, 0.1) is 0 Å². The van der Waals surface area contributed by atoms with Crippen LogP contribution in [0.1, 0.15) is 386 Å². The molecule has 2 aliphatic rings. The molecule has 0 saturated carbocycles. The monoisotopic (exact) mass is 1440 g/mol. The van der Waals surface area contributed by atoms with Crippen LogP contribution in [-0.2, 0) is 23.7 Å². The second kappa shape index (κ2) is 71.4. The van der Waals surface area contributed by atoms with Gasteiger partial charge in [-0.2, -0.15) is 0 Å². The number of unbranched alkanes of at least 4 members (excludes halogenated alkanes) is 50. The van der Waals surface area contributed by atoms with Crippen molar-refractivity contribution in [3.05, 3.63) is 72.9 Å². The van der Waals surface area contributed by atoms with E-state index in [0.29, 0.717) is 12.8 Å². The molecule has 12 atom stereocenters. The van der Waals surface area contributed by atoms with Crippen LogP contribution in [0.3, 0.4) is 0 Å². The lowest BCUT2D eigenvalue weighted by Crippen LogP contribution is -2.65. The zero-order chi connectivity index (χ0) is 73.7. The van der Waals surface area contributed by atoms with Gasteiger partial charge in [0.25, 0.3) is 0 Å². The maximum absolute atomic E-state index is 13.4. The molecule has 14 heteroatoms. The van der Waals surface area contributed by atoms with Crippen LogP contribution < -0.4 is 5.32 Å². The van der Waals surface area contributed by atoms with Crippen molar-refractivity contribution >= 4 is 5.91 Å². The normalized spacial score (nSPS) is 22.0. The van der Waals surface area contributed by atoms with E-state index < -0.39 is 86.8 Å². The Morgan fingerprint density at radius 2 is 0.657 bits per heavy atom. The molecule has 0 aromatic heterocycles. The van der Waals surface area contributed by atoms with Crippen molar-refractivity contribution in [2.75, 3.05) is 19.8 Å². The van der Waals surface area contributed by atoms with E-state index in [1.54, 1.807) is 6.08 Å². The number of nitrogens with one attached hydrogen (secondary N) is 1. The Labute approximate surface area is 625 Å². The van der Waals surface area contributed by atoms with E-state index in [1.165, 1.54) is 295 Å². The number of ether oxygens (including phenoxy) is 4. The summed E-state index contributed by atoms with van der Waals surface area (Å²) in [6.07, 6.45) is 83.0. The van der Waals surface area contributed by atoms with Gasteiger partial charge in [-0.05, 0) is 83.5 Å². The van der Waals surface area contributed by atoms with E-state index in [0.717, 1.165) is 57.8 Å². The highest BCUT2D eigenvalue weighted by Gasteiger charge is 2.51. The minimum absolute atomic E-state index is 0.248. The Morgan fingerprint density at radius 1 is 0.353 bits per heavy atom. The second-order valence-electron chi connectivity index (χ2n) is 30.3. The molecule has 2 rings (SSSR count). The first-order valence-corrected chi connectivity index (χ1v) is 43.2. The van der Waals surface area contributed by atoms with Gasteiger partial charge in [0.05, 0.1) is 32.0 Å². The third-order valence-electron chi connectivity index (χ3n) is 20.8. The molecule has 0 aromatic rings. The Balaban J connectivity index is 1.61. The molecule has 0 bridgehead atoms. The van der Waals surface area contributed by atoms with Crippen molar-refractivity contribution in [1.29, 1.82) is 0 Å². The first-order chi connectivity index (χ1) is 50.1. The predicted molar refractivity (Wildman–Crippen MR) is 424 cm³/mol. The van der Waals surface area contributed by atoms with Crippen molar-refractivity contribution in [3.63, 3.8) is 0 Å². The largest absolute Gasteiger partial charge is 0.394 e. The number of amides is 1. The van der Waals surface area contributed by atoms with Gasteiger partial charge < -0.3 is 65.1 Å². The molecule has 2 saturated heterocycles. The van der Waals surface area contributed by atoms with Gasteiger partial charge in [-0.25, -0.2) is 0 Å². The van der Waals surface area contributed by atoms with Gasteiger partial charge in [0.2, 0.25) is 5.91 Å². The number of allylic oxidation sites excluding steroid dienone is 11. The molecule has 0 aliphatic carbocycles. The molecule has 14 nitrogen and oxygen atoms in total. The lowest BCUT2D eigenvalue weighted by atomic mass is 9.97. The smallest absolute Gasteiger partial charge is 0.220 e. The maximum Gasteiger partial charge on any atom is 0.220 e. The van der Waals surface area contributed by atoms with Gasteiger partial charge in [-0.15, -0.1) is 0 Å². The number of carbonyl (C=O) groups is 1. The molecule has 9 N–H and O–H groups in total. The number of hydrogen-bond donors (Lipinski definition) is 9. The first kappa shape index (κ1) is 95.5. The van der Waals surface area contributed by atoms with Crippen LogP contribution in [0.5, 0.6) is 0 Å². The van der Waals surface area contributed by atoms with Gasteiger partial charge in [0.1, 0.15) is 48.8 Å². The van der Waals surface area contributed by atoms with E-state index in [1.807, 2.05) is 6.08 Å². The van der Waals surface area contributed by atoms with Crippen molar-refractivity contribution in [1.82, 2.24) is 5.32 Å².